The van der Waals surface area contributed by atoms with Crippen molar-refractivity contribution < 1.29 is 23.9 Å². The van der Waals surface area contributed by atoms with E-state index in [4.69, 9.17) is 9.47 Å². The number of imide groups is 2. The number of methoxy groups -OCH3 is 1. The number of nitrogens with one attached hydrogen (secondary N) is 1. The topological polar surface area (TPSA) is 84.9 Å². The number of benzene rings is 2. The van der Waals surface area contributed by atoms with E-state index in [0.717, 1.165) is 41.2 Å². The summed E-state index contributed by atoms with van der Waals surface area (Å²) < 4.78 is 12.3. The molecule has 0 unspecified atom stereocenters. The summed E-state index contributed by atoms with van der Waals surface area (Å²) >= 11 is 2.15. The van der Waals surface area contributed by atoms with Gasteiger partial charge in [-0.2, -0.15) is 0 Å². The van der Waals surface area contributed by atoms with Crippen LogP contribution in [0.5, 0.6) is 11.5 Å². The fraction of sp³-hybridized carbons (Fsp3) is 0.346. The molecule has 0 aromatic heterocycles. The smallest absolute Gasteiger partial charge is 0.331 e. The van der Waals surface area contributed by atoms with Gasteiger partial charge in [-0.3, -0.25) is 19.8 Å². The number of nitrogens with zero attached hydrogens (tertiary/aromatic N) is 1. The van der Waals surface area contributed by atoms with Crippen molar-refractivity contribution in [3.8, 4) is 11.5 Å². The van der Waals surface area contributed by atoms with Gasteiger partial charge in [0, 0.05) is 6.04 Å². The molecule has 1 aliphatic heterocycles. The number of hydrogen-bond donors (Lipinski definition) is 1. The Morgan fingerprint density at radius 1 is 1.09 bits per heavy atom. The quantitative estimate of drug-likeness (QED) is 0.299. The second kappa shape index (κ2) is 10.6. The zero-order chi connectivity index (χ0) is 24.2. The lowest BCUT2D eigenvalue weighted by Gasteiger charge is -2.35. The van der Waals surface area contributed by atoms with Crippen molar-refractivity contribution in [2.45, 2.75) is 51.7 Å². The number of carbonyl (C=O) groups excluding carboxylic acids is 3. The maximum absolute atomic E-state index is 13.2. The summed E-state index contributed by atoms with van der Waals surface area (Å²) in [5.41, 5.74) is 2.77. The van der Waals surface area contributed by atoms with E-state index in [0.29, 0.717) is 23.7 Å². The van der Waals surface area contributed by atoms with Gasteiger partial charge in [-0.25, -0.2) is 4.79 Å². The third kappa shape index (κ3) is 5.27. The molecule has 0 spiro atoms. The number of ether oxygens (including phenoxy) is 2. The molecule has 1 saturated carbocycles. The molecule has 2 aromatic carbocycles. The Balaban J connectivity index is 1.59. The first-order valence-electron chi connectivity index (χ1n) is 11.3. The molecule has 1 N–H and O–H groups in total. The Bertz CT molecular complexity index is 1140. The number of rotatable bonds is 6. The molecule has 1 heterocycles. The largest absolute Gasteiger partial charge is 0.493 e. The lowest BCUT2D eigenvalue weighted by atomic mass is 9.93. The molecule has 2 fully saturated rings. The van der Waals surface area contributed by atoms with Crippen LogP contribution in [-0.4, -0.2) is 35.9 Å². The van der Waals surface area contributed by atoms with Crippen LogP contribution >= 0.6 is 22.6 Å². The first-order chi connectivity index (χ1) is 16.4. The van der Waals surface area contributed by atoms with Gasteiger partial charge in [0.25, 0.3) is 11.8 Å². The molecule has 34 heavy (non-hydrogen) atoms. The van der Waals surface area contributed by atoms with Crippen LogP contribution in [0.1, 0.15) is 48.8 Å². The molecule has 0 radical (unpaired) electrons. The molecular formula is C26H27IN2O5. The second-order valence-corrected chi connectivity index (χ2v) is 9.75. The molecule has 4 rings (SSSR count). The molecule has 1 aliphatic carbocycles. The minimum absolute atomic E-state index is 0.0589. The van der Waals surface area contributed by atoms with Crippen molar-refractivity contribution in [2.75, 3.05) is 7.11 Å². The Hall–Kier alpha value is -2.88. The van der Waals surface area contributed by atoms with Crippen molar-refractivity contribution in [1.29, 1.82) is 0 Å². The predicted molar refractivity (Wildman–Crippen MR) is 136 cm³/mol. The molecule has 178 valence electrons. The van der Waals surface area contributed by atoms with Gasteiger partial charge in [0.1, 0.15) is 12.2 Å². The summed E-state index contributed by atoms with van der Waals surface area (Å²) in [6, 6.07) is 10.8. The van der Waals surface area contributed by atoms with Crippen LogP contribution in [0.25, 0.3) is 6.08 Å². The third-order valence-electron chi connectivity index (χ3n) is 6.14. The average molecular weight is 574 g/mol. The standard InChI is InChI=1S/C26H27IN2O5/c1-16-8-10-17(11-9-16)15-34-23-21(27)13-18(14-22(23)33-2)12-20-24(30)28-26(32)29(25(20)31)19-6-4-3-5-7-19/h8-14,19H,3-7,15H2,1-2H3,(H,28,30,32). The van der Waals surface area contributed by atoms with Crippen LogP contribution in [0.2, 0.25) is 0 Å². The summed E-state index contributed by atoms with van der Waals surface area (Å²) in [6.07, 6.45) is 6.06. The highest BCUT2D eigenvalue weighted by Crippen LogP contribution is 2.35. The van der Waals surface area contributed by atoms with Gasteiger partial charge in [-0.05, 0) is 71.7 Å². The zero-order valence-electron chi connectivity index (χ0n) is 19.2. The maximum Gasteiger partial charge on any atom is 0.331 e. The van der Waals surface area contributed by atoms with Gasteiger partial charge in [0.05, 0.1) is 10.7 Å². The molecular weight excluding hydrogens is 547 g/mol. The predicted octanol–water partition coefficient (Wildman–Crippen LogP) is 4.98. The highest BCUT2D eigenvalue weighted by atomic mass is 127. The van der Waals surface area contributed by atoms with Crippen LogP contribution in [0, 0.1) is 10.5 Å². The van der Waals surface area contributed by atoms with Crippen LogP contribution in [-0.2, 0) is 16.2 Å². The van der Waals surface area contributed by atoms with E-state index in [9.17, 15) is 14.4 Å². The van der Waals surface area contributed by atoms with Gasteiger partial charge < -0.3 is 9.47 Å². The van der Waals surface area contributed by atoms with Gasteiger partial charge in [0.2, 0.25) is 0 Å². The molecule has 7 nitrogen and oxygen atoms in total. The molecule has 2 aromatic rings. The van der Waals surface area contributed by atoms with Crippen molar-refractivity contribution in [2.24, 2.45) is 0 Å². The number of halogens is 1. The third-order valence-corrected chi connectivity index (χ3v) is 6.94. The first-order valence-corrected chi connectivity index (χ1v) is 12.4. The summed E-state index contributed by atoms with van der Waals surface area (Å²) in [5.74, 6) is -0.149. The number of urea groups is 1. The number of hydrogen-bond acceptors (Lipinski definition) is 5. The van der Waals surface area contributed by atoms with Crippen LogP contribution in [0.3, 0.4) is 0 Å². The molecule has 8 heteroatoms. The lowest BCUT2D eigenvalue weighted by Crippen LogP contribution is -2.58. The number of carbonyl (C=O) groups is 3. The molecule has 0 atom stereocenters. The second-order valence-electron chi connectivity index (χ2n) is 8.59. The summed E-state index contributed by atoms with van der Waals surface area (Å²) in [6.45, 7) is 2.41. The number of barbiturate groups is 1. The van der Waals surface area contributed by atoms with Gasteiger partial charge in [-0.15, -0.1) is 0 Å². The monoisotopic (exact) mass is 574 g/mol. The van der Waals surface area contributed by atoms with E-state index in [1.54, 1.807) is 13.2 Å². The van der Waals surface area contributed by atoms with Crippen LogP contribution in [0.4, 0.5) is 4.79 Å². The van der Waals surface area contributed by atoms with Crippen molar-refractivity contribution in [3.05, 3.63) is 62.2 Å². The fourth-order valence-electron chi connectivity index (χ4n) is 4.31. The number of amides is 4. The van der Waals surface area contributed by atoms with Gasteiger partial charge in [0.15, 0.2) is 11.5 Å². The molecule has 4 amide bonds. The highest BCUT2D eigenvalue weighted by Gasteiger charge is 2.40. The maximum atomic E-state index is 13.2. The Labute approximate surface area is 212 Å². The van der Waals surface area contributed by atoms with Gasteiger partial charge in [-0.1, -0.05) is 49.1 Å². The fourth-order valence-corrected chi connectivity index (χ4v) is 5.09. The highest BCUT2D eigenvalue weighted by molar-refractivity contribution is 14.1. The van der Waals surface area contributed by atoms with Crippen LogP contribution in [0.15, 0.2) is 42.0 Å². The van der Waals surface area contributed by atoms with Crippen molar-refractivity contribution >= 4 is 46.5 Å². The van der Waals surface area contributed by atoms with E-state index >= 15 is 0 Å². The summed E-state index contributed by atoms with van der Waals surface area (Å²) in [7, 11) is 1.54. The van der Waals surface area contributed by atoms with E-state index < -0.39 is 17.8 Å². The lowest BCUT2D eigenvalue weighted by molar-refractivity contribution is -0.132. The van der Waals surface area contributed by atoms with Gasteiger partial charge >= 0.3 is 6.03 Å². The Morgan fingerprint density at radius 3 is 2.47 bits per heavy atom. The Kier molecular flexibility index (Phi) is 7.55. The molecule has 1 saturated heterocycles. The van der Waals surface area contributed by atoms with Crippen molar-refractivity contribution in [3.63, 3.8) is 0 Å². The van der Waals surface area contributed by atoms with E-state index in [-0.39, 0.29) is 11.6 Å². The number of aryl methyl sites for hydroxylation is 1. The molecule has 0 bridgehead atoms. The van der Waals surface area contributed by atoms with E-state index in [1.807, 2.05) is 37.3 Å². The summed E-state index contributed by atoms with van der Waals surface area (Å²) in [4.78, 5) is 39.3. The normalized spacial score (nSPS) is 18.3. The minimum atomic E-state index is -0.685. The first kappa shape index (κ1) is 24.3. The Morgan fingerprint density at radius 2 is 1.79 bits per heavy atom. The summed E-state index contributed by atoms with van der Waals surface area (Å²) in [5, 5.41) is 2.33. The molecule has 2 aliphatic rings. The van der Waals surface area contributed by atoms with Crippen molar-refractivity contribution in [1.82, 2.24) is 10.2 Å². The minimum Gasteiger partial charge on any atom is -0.493 e. The average Bonchev–Trinajstić information content (AvgIpc) is 2.82. The van der Waals surface area contributed by atoms with E-state index in [2.05, 4.69) is 27.9 Å². The zero-order valence-corrected chi connectivity index (χ0v) is 21.4. The SMILES string of the molecule is COc1cc(C=C2C(=O)NC(=O)N(C3CCCCC3)C2=O)cc(I)c1OCc1ccc(C)cc1. The van der Waals surface area contributed by atoms with Crippen LogP contribution < -0.4 is 14.8 Å². The van der Waals surface area contributed by atoms with E-state index in [1.165, 1.54) is 16.5 Å².